The summed E-state index contributed by atoms with van der Waals surface area (Å²) in [5, 5.41) is 2.91. The number of benzene rings is 2. The van der Waals surface area contributed by atoms with Gasteiger partial charge in [0.2, 0.25) is 5.91 Å². The largest absolute Gasteiger partial charge is 0.484 e. The van der Waals surface area contributed by atoms with Crippen molar-refractivity contribution in [3.8, 4) is 5.75 Å². The van der Waals surface area contributed by atoms with Crippen LogP contribution in [0.5, 0.6) is 5.75 Å². The van der Waals surface area contributed by atoms with Crippen LogP contribution in [-0.4, -0.2) is 24.3 Å². The number of ether oxygens (including phenoxy) is 1. The van der Waals surface area contributed by atoms with E-state index in [4.69, 9.17) is 4.74 Å². The van der Waals surface area contributed by atoms with Crippen molar-refractivity contribution in [2.45, 2.75) is 46.0 Å². The molecule has 0 aliphatic heterocycles. The van der Waals surface area contributed by atoms with Crippen LogP contribution in [0, 0.1) is 19.8 Å². The van der Waals surface area contributed by atoms with Crippen molar-refractivity contribution in [3.63, 3.8) is 0 Å². The minimum atomic E-state index is -0.469. The average Bonchev–Trinajstić information content (AvgIpc) is 2.79. The van der Waals surface area contributed by atoms with E-state index < -0.39 is 11.8 Å². The van der Waals surface area contributed by atoms with Gasteiger partial charge < -0.3 is 10.1 Å². The molecule has 7 nitrogen and oxygen atoms in total. The molecule has 3 N–H and O–H groups in total. The molecule has 1 fully saturated rings. The lowest BCUT2D eigenvalue weighted by Gasteiger charge is -2.20. The molecule has 2 aromatic rings. The van der Waals surface area contributed by atoms with Crippen molar-refractivity contribution in [3.05, 3.63) is 59.2 Å². The third kappa shape index (κ3) is 6.57. The maximum Gasteiger partial charge on any atom is 0.276 e. The zero-order valence-electron chi connectivity index (χ0n) is 18.0. The van der Waals surface area contributed by atoms with E-state index in [0.717, 1.165) is 36.8 Å². The number of rotatable bonds is 6. The van der Waals surface area contributed by atoms with Crippen LogP contribution in [0.1, 0.15) is 53.6 Å². The number of anilines is 1. The number of carbonyl (C=O) groups is 3. The van der Waals surface area contributed by atoms with Gasteiger partial charge in [-0.2, -0.15) is 0 Å². The number of amides is 3. The van der Waals surface area contributed by atoms with Gasteiger partial charge in [-0.1, -0.05) is 25.3 Å². The van der Waals surface area contributed by atoms with Crippen LogP contribution >= 0.6 is 0 Å². The third-order valence-electron chi connectivity index (χ3n) is 5.55. The van der Waals surface area contributed by atoms with Crippen molar-refractivity contribution in [1.82, 2.24) is 10.9 Å². The summed E-state index contributed by atoms with van der Waals surface area (Å²) in [4.78, 5) is 36.5. The smallest absolute Gasteiger partial charge is 0.276 e. The molecule has 0 spiro atoms. The Labute approximate surface area is 182 Å². The first-order chi connectivity index (χ1) is 14.9. The Hall–Kier alpha value is -3.35. The van der Waals surface area contributed by atoms with Crippen LogP contribution in [0.2, 0.25) is 0 Å². The Kier molecular flexibility index (Phi) is 7.65. The Morgan fingerprint density at radius 2 is 1.61 bits per heavy atom. The molecule has 0 aromatic heterocycles. The van der Waals surface area contributed by atoms with Crippen LogP contribution in [0.4, 0.5) is 5.69 Å². The Balaban J connectivity index is 1.42. The van der Waals surface area contributed by atoms with Crippen LogP contribution < -0.4 is 20.9 Å². The molecule has 3 amide bonds. The van der Waals surface area contributed by atoms with E-state index in [-0.39, 0.29) is 18.4 Å². The fourth-order valence-corrected chi connectivity index (χ4v) is 3.50. The van der Waals surface area contributed by atoms with Crippen molar-refractivity contribution >= 4 is 23.4 Å². The fourth-order valence-electron chi connectivity index (χ4n) is 3.50. The van der Waals surface area contributed by atoms with E-state index in [0.29, 0.717) is 17.0 Å². The second-order valence-electron chi connectivity index (χ2n) is 7.94. The number of aryl methyl sites for hydroxylation is 2. The summed E-state index contributed by atoms with van der Waals surface area (Å²) in [6, 6.07) is 12.1. The second-order valence-corrected chi connectivity index (χ2v) is 7.94. The topological polar surface area (TPSA) is 96.5 Å². The Morgan fingerprint density at radius 3 is 2.29 bits per heavy atom. The minimum Gasteiger partial charge on any atom is -0.484 e. The molecule has 0 heterocycles. The Morgan fingerprint density at radius 1 is 0.903 bits per heavy atom. The summed E-state index contributed by atoms with van der Waals surface area (Å²) in [7, 11) is 0. The number of hydrazine groups is 1. The molecule has 3 rings (SSSR count). The molecule has 31 heavy (non-hydrogen) atoms. The molecule has 1 aliphatic carbocycles. The van der Waals surface area contributed by atoms with Gasteiger partial charge in [-0.15, -0.1) is 0 Å². The first kappa shape index (κ1) is 22.3. The molecule has 164 valence electrons. The highest BCUT2D eigenvalue weighted by molar-refractivity contribution is 5.97. The summed E-state index contributed by atoms with van der Waals surface area (Å²) >= 11 is 0. The summed E-state index contributed by atoms with van der Waals surface area (Å²) in [5.74, 6) is -0.228. The molecule has 0 unspecified atom stereocenters. The quantitative estimate of drug-likeness (QED) is 0.618. The number of nitrogens with one attached hydrogen (secondary N) is 3. The number of hydrogen-bond acceptors (Lipinski definition) is 4. The fraction of sp³-hybridized carbons (Fsp3) is 0.375. The molecule has 0 atom stereocenters. The van der Waals surface area contributed by atoms with Crippen LogP contribution in [0.25, 0.3) is 0 Å². The van der Waals surface area contributed by atoms with Crippen molar-refractivity contribution in [2.24, 2.45) is 5.92 Å². The van der Waals surface area contributed by atoms with Gasteiger partial charge in [0.1, 0.15) is 5.75 Å². The number of hydrogen-bond donors (Lipinski definition) is 3. The first-order valence-electron chi connectivity index (χ1n) is 10.6. The van der Waals surface area contributed by atoms with E-state index >= 15 is 0 Å². The molecule has 7 heteroatoms. The van der Waals surface area contributed by atoms with Crippen LogP contribution in [0.15, 0.2) is 42.5 Å². The maximum atomic E-state index is 12.3. The zero-order valence-corrected chi connectivity index (χ0v) is 18.0. The van der Waals surface area contributed by atoms with Gasteiger partial charge >= 0.3 is 0 Å². The Bertz CT molecular complexity index is 934. The molecule has 0 bridgehead atoms. The average molecular weight is 424 g/mol. The van der Waals surface area contributed by atoms with Crippen molar-refractivity contribution in [1.29, 1.82) is 0 Å². The molecule has 1 saturated carbocycles. The third-order valence-corrected chi connectivity index (χ3v) is 5.55. The van der Waals surface area contributed by atoms with Gasteiger partial charge in [0.15, 0.2) is 6.61 Å². The highest BCUT2D eigenvalue weighted by atomic mass is 16.5. The standard InChI is InChI=1S/C24H29N3O4/c1-16-8-13-21(14-17(16)2)31-15-22(28)26-27-24(30)19-9-11-20(12-10-19)25-23(29)18-6-4-3-5-7-18/h8-14,18H,3-7,15H2,1-2H3,(H,25,29)(H,26,28)(H,27,30). The summed E-state index contributed by atoms with van der Waals surface area (Å²) in [6.45, 7) is 3.75. The normalized spacial score (nSPS) is 13.9. The second kappa shape index (κ2) is 10.6. The van der Waals surface area contributed by atoms with E-state index in [1.807, 2.05) is 26.0 Å². The van der Waals surface area contributed by atoms with Gasteiger partial charge in [-0.25, -0.2) is 0 Å². The van der Waals surface area contributed by atoms with Gasteiger partial charge in [-0.05, 0) is 74.2 Å². The van der Waals surface area contributed by atoms with Gasteiger partial charge in [0.25, 0.3) is 11.8 Å². The highest BCUT2D eigenvalue weighted by Gasteiger charge is 2.21. The summed E-state index contributed by atoms with van der Waals surface area (Å²) in [5.41, 5.74) is 7.93. The van der Waals surface area contributed by atoms with Gasteiger partial charge in [0, 0.05) is 17.2 Å². The lowest BCUT2D eigenvalue weighted by molar-refractivity contribution is -0.124. The SMILES string of the molecule is Cc1ccc(OCC(=O)NNC(=O)c2ccc(NC(=O)C3CCCCC3)cc2)cc1C. The first-order valence-corrected chi connectivity index (χ1v) is 10.6. The predicted octanol–water partition coefficient (Wildman–Crippen LogP) is 3.66. The molecule has 0 saturated heterocycles. The summed E-state index contributed by atoms with van der Waals surface area (Å²) in [6.07, 6.45) is 5.25. The van der Waals surface area contributed by atoms with E-state index in [2.05, 4.69) is 16.2 Å². The lowest BCUT2D eigenvalue weighted by Crippen LogP contribution is -2.43. The highest BCUT2D eigenvalue weighted by Crippen LogP contribution is 2.25. The van der Waals surface area contributed by atoms with Crippen LogP contribution in [-0.2, 0) is 9.59 Å². The molecule has 0 radical (unpaired) electrons. The van der Waals surface area contributed by atoms with Crippen molar-refractivity contribution < 1.29 is 19.1 Å². The van der Waals surface area contributed by atoms with Gasteiger partial charge in [-0.3, -0.25) is 25.2 Å². The minimum absolute atomic E-state index is 0.0351. The van der Waals surface area contributed by atoms with E-state index in [1.54, 1.807) is 30.3 Å². The maximum absolute atomic E-state index is 12.3. The molecule has 2 aromatic carbocycles. The van der Waals surface area contributed by atoms with Crippen molar-refractivity contribution in [2.75, 3.05) is 11.9 Å². The molecular formula is C24H29N3O4. The summed E-state index contributed by atoms with van der Waals surface area (Å²) < 4.78 is 5.44. The van der Waals surface area contributed by atoms with E-state index in [9.17, 15) is 14.4 Å². The predicted molar refractivity (Wildman–Crippen MR) is 119 cm³/mol. The van der Waals surface area contributed by atoms with Crippen LogP contribution in [0.3, 0.4) is 0 Å². The van der Waals surface area contributed by atoms with E-state index in [1.165, 1.54) is 6.42 Å². The molecular weight excluding hydrogens is 394 g/mol. The lowest BCUT2D eigenvalue weighted by atomic mass is 9.88. The number of carbonyl (C=O) groups excluding carboxylic acids is 3. The molecule has 1 aliphatic rings. The zero-order chi connectivity index (χ0) is 22.2. The van der Waals surface area contributed by atoms with Gasteiger partial charge in [0.05, 0.1) is 0 Å². The monoisotopic (exact) mass is 423 g/mol.